The lowest BCUT2D eigenvalue weighted by Gasteiger charge is -2.03. The summed E-state index contributed by atoms with van der Waals surface area (Å²) in [6, 6.07) is 0. The molecule has 0 saturated carbocycles. The number of anilines is 1. The summed E-state index contributed by atoms with van der Waals surface area (Å²) in [7, 11) is 0. The first-order chi connectivity index (χ1) is 7.27. The first-order valence-electron chi connectivity index (χ1n) is 4.13. The molecule has 2 aromatic rings. The lowest BCUT2D eigenvalue weighted by molar-refractivity contribution is 1.05. The Balaban J connectivity index is 2.12. The van der Waals surface area contributed by atoms with Crippen molar-refractivity contribution in [3.63, 3.8) is 0 Å². The van der Waals surface area contributed by atoms with Gasteiger partial charge in [0.05, 0.1) is 12.9 Å². The largest absolute Gasteiger partial charge is 0.362 e. The first-order valence-corrected chi connectivity index (χ1v) is 5.38. The van der Waals surface area contributed by atoms with Gasteiger partial charge in [-0.05, 0) is 0 Å². The van der Waals surface area contributed by atoms with Crippen molar-refractivity contribution in [2.75, 3.05) is 5.32 Å². The van der Waals surface area contributed by atoms with E-state index in [0.29, 0.717) is 12.4 Å². The molecule has 0 bridgehead atoms. The number of hydrogen-bond donors (Lipinski definition) is 2. The third-order valence-electron chi connectivity index (χ3n) is 1.69. The summed E-state index contributed by atoms with van der Waals surface area (Å²) in [5, 5.41) is 5.79. The fraction of sp³-hybridized carbons (Fsp3) is 0.125. The van der Waals surface area contributed by atoms with Crippen LogP contribution < -0.4 is 10.9 Å². The number of nitrogens with one attached hydrogen (secondary N) is 2. The molecule has 0 aliphatic rings. The molecular weight excluding hydrogens is 236 g/mol. The topological polar surface area (TPSA) is 70.7 Å². The van der Waals surface area contributed by atoms with E-state index in [2.05, 4.69) is 20.3 Å². The smallest absolute Gasteiger partial charge is 0.271 e. The molecule has 0 fully saturated rings. The summed E-state index contributed by atoms with van der Waals surface area (Å²) in [4.78, 5) is 21.5. The van der Waals surface area contributed by atoms with Crippen LogP contribution in [0.4, 0.5) is 5.82 Å². The Morgan fingerprint density at radius 3 is 3.13 bits per heavy atom. The summed E-state index contributed by atoms with van der Waals surface area (Å²) >= 11 is 7.27. The Kier molecular flexibility index (Phi) is 2.98. The number of nitrogens with zero attached hydrogens (tertiary/aromatic N) is 2. The molecular formula is C8H7ClN4OS. The van der Waals surface area contributed by atoms with Gasteiger partial charge in [0.15, 0.2) is 5.82 Å². The van der Waals surface area contributed by atoms with Gasteiger partial charge in [0.2, 0.25) is 0 Å². The van der Waals surface area contributed by atoms with Gasteiger partial charge in [0.25, 0.3) is 5.56 Å². The molecule has 0 unspecified atom stereocenters. The van der Waals surface area contributed by atoms with Crippen molar-refractivity contribution < 1.29 is 0 Å². The van der Waals surface area contributed by atoms with Gasteiger partial charge in [-0.1, -0.05) is 11.6 Å². The van der Waals surface area contributed by atoms with E-state index < -0.39 is 0 Å². The second-order valence-electron chi connectivity index (χ2n) is 2.67. The minimum atomic E-state index is -0.353. The maximum Gasteiger partial charge on any atom is 0.271 e. The molecule has 0 atom stereocenters. The average Bonchev–Trinajstić information content (AvgIpc) is 2.73. The van der Waals surface area contributed by atoms with E-state index in [4.69, 9.17) is 11.6 Å². The van der Waals surface area contributed by atoms with Gasteiger partial charge in [-0.25, -0.2) is 9.97 Å². The molecule has 2 rings (SSSR count). The molecule has 15 heavy (non-hydrogen) atoms. The predicted octanol–water partition coefficient (Wildman–Crippen LogP) is 1.49. The monoisotopic (exact) mass is 242 g/mol. The molecule has 2 N–H and O–H groups in total. The van der Waals surface area contributed by atoms with E-state index in [0.717, 1.165) is 5.01 Å². The Hall–Kier alpha value is -1.40. The number of H-pyrrole nitrogens is 1. The summed E-state index contributed by atoms with van der Waals surface area (Å²) < 4.78 is 0. The Bertz CT molecular complexity index is 496. The molecule has 0 saturated heterocycles. The highest BCUT2D eigenvalue weighted by molar-refractivity contribution is 7.09. The van der Waals surface area contributed by atoms with Crippen LogP contribution in [-0.2, 0) is 6.54 Å². The SMILES string of the molecule is O=c1[nH]cnc(NCc2nccs2)c1Cl. The quantitative estimate of drug-likeness (QED) is 0.856. The Morgan fingerprint density at radius 2 is 2.40 bits per heavy atom. The minimum absolute atomic E-state index is 0.0639. The van der Waals surface area contributed by atoms with Gasteiger partial charge in [-0.3, -0.25) is 4.79 Å². The molecule has 78 valence electrons. The maximum atomic E-state index is 11.1. The third kappa shape index (κ3) is 2.34. The molecule has 2 heterocycles. The van der Waals surface area contributed by atoms with E-state index >= 15 is 0 Å². The number of aromatic amines is 1. The standard InChI is InChI=1S/C8H7ClN4OS/c9-6-7(12-4-13-8(6)14)11-3-5-10-1-2-15-5/h1-2,4H,3H2,(H2,11,12,13,14). The van der Waals surface area contributed by atoms with Crippen molar-refractivity contribution in [3.05, 3.63) is 38.3 Å². The van der Waals surface area contributed by atoms with Gasteiger partial charge in [-0.15, -0.1) is 11.3 Å². The number of aromatic nitrogens is 3. The molecule has 0 aliphatic carbocycles. The van der Waals surface area contributed by atoms with Crippen LogP contribution in [0, 0.1) is 0 Å². The fourth-order valence-electron chi connectivity index (χ4n) is 1.01. The highest BCUT2D eigenvalue weighted by atomic mass is 35.5. The van der Waals surface area contributed by atoms with Crippen LogP contribution in [0.15, 0.2) is 22.7 Å². The van der Waals surface area contributed by atoms with Crippen LogP contribution in [0.2, 0.25) is 5.02 Å². The Labute approximate surface area is 94.2 Å². The Morgan fingerprint density at radius 1 is 1.53 bits per heavy atom. The third-order valence-corrected chi connectivity index (χ3v) is 2.82. The fourth-order valence-corrected chi connectivity index (χ4v) is 1.73. The zero-order valence-corrected chi connectivity index (χ0v) is 9.10. The molecule has 0 spiro atoms. The van der Waals surface area contributed by atoms with Crippen molar-refractivity contribution in [3.8, 4) is 0 Å². The molecule has 5 nitrogen and oxygen atoms in total. The highest BCUT2D eigenvalue weighted by Crippen LogP contribution is 2.14. The van der Waals surface area contributed by atoms with Gasteiger partial charge in [0.1, 0.15) is 10.0 Å². The molecule has 7 heteroatoms. The van der Waals surface area contributed by atoms with Crippen LogP contribution in [-0.4, -0.2) is 15.0 Å². The summed E-state index contributed by atoms with van der Waals surface area (Å²) in [6.45, 7) is 0.508. The number of hydrogen-bond acceptors (Lipinski definition) is 5. The van der Waals surface area contributed by atoms with Crippen LogP contribution in [0.25, 0.3) is 0 Å². The van der Waals surface area contributed by atoms with E-state index in [-0.39, 0.29) is 10.6 Å². The van der Waals surface area contributed by atoms with Crippen molar-refractivity contribution in [1.82, 2.24) is 15.0 Å². The second kappa shape index (κ2) is 4.41. The van der Waals surface area contributed by atoms with Crippen LogP contribution in [0.3, 0.4) is 0 Å². The van der Waals surface area contributed by atoms with Gasteiger partial charge < -0.3 is 10.3 Å². The van der Waals surface area contributed by atoms with Crippen molar-refractivity contribution in [2.45, 2.75) is 6.54 Å². The number of rotatable bonds is 3. The van der Waals surface area contributed by atoms with Crippen molar-refractivity contribution >= 4 is 28.8 Å². The average molecular weight is 243 g/mol. The summed E-state index contributed by atoms with van der Waals surface area (Å²) in [6.07, 6.45) is 3.02. The van der Waals surface area contributed by atoms with E-state index in [1.54, 1.807) is 6.20 Å². The van der Waals surface area contributed by atoms with Crippen LogP contribution >= 0.6 is 22.9 Å². The number of halogens is 1. The lowest BCUT2D eigenvalue weighted by Crippen LogP contribution is -2.11. The van der Waals surface area contributed by atoms with E-state index in [1.807, 2.05) is 5.38 Å². The second-order valence-corrected chi connectivity index (χ2v) is 4.03. The predicted molar refractivity (Wildman–Crippen MR) is 59.3 cm³/mol. The van der Waals surface area contributed by atoms with Gasteiger partial charge >= 0.3 is 0 Å². The van der Waals surface area contributed by atoms with Gasteiger partial charge in [0, 0.05) is 11.6 Å². The van der Waals surface area contributed by atoms with Gasteiger partial charge in [-0.2, -0.15) is 0 Å². The normalized spacial score (nSPS) is 10.2. The maximum absolute atomic E-state index is 11.1. The van der Waals surface area contributed by atoms with Crippen LogP contribution in [0.5, 0.6) is 0 Å². The molecule has 0 aromatic carbocycles. The minimum Gasteiger partial charge on any atom is -0.362 e. The van der Waals surface area contributed by atoms with Crippen molar-refractivity contribution in [2.24, 2.45) is 0 Å². The zero-order valence-electron chi connectivity index (χ0n) is 7.53. The van der Waals surface area contributed by atoms with Crippen LogP contribution in [0.1, 0.15) is 5.01 Å². The highest BCUT2D eigenvalue weighted by Gasteiger charge is 2.05. The van der Waals surface area contributed by atoms with E-state index in [9.17, 15) is 4.79 Å². The van der Waals surface area contributed by atoms with Crippen molar-refractivity contribution in [1.29, 1.82) is 0 Å². The number of thiazole rings is 1. The zero-order chi connectivity index (χ0) is 10.7. The summed E-state index contributed by atoms with van der Waals surface area (Å²) in [5.74, 6) is 0.371. The summed E-state index contributed by atoms with van der Waals surface area (Å²) in [5.41, 5.74) is -0.353. The first kappa shape index (κ1) is 10.1. The van der Waals surface area contributed by atoms with E-state index in [1.165, 1.54) is 17.7 Å². The lowest BCUT2D eigenvalue weighted by atomic mass is 10.5. The molecule has 0 aliphatic heterocycles. The molecule has 0 amide bonds. The molecule has 0 radical (unpaired) electrons. The molecule has 2 aromatic heterocycles.